The normalized spacial score (nSPS) is 18.6. The number of nitrogens with one attached hydrogen (secondary N) is 2. The molecule has 3 rings (SSSR count). The van der Waals surface area contributed by atoms with Gasteiger partial charge in [-0.3, -0.25) is 9.69 Å². The predicted octanol–water partition coefficient (Wildman–Crippen LogP) is 2.73. The number of nitrogens with zero attached hydrogens (tertiary/aromatic N) is 1. The largest absolute Gasteiger partial charge is 0.322 e. The van der Waals surface area contributed by atoms with Crippen molar-refractivity contribution in [1.29, 1.82) is 0 Å². The summed E-state index contributed by atoms with van der Waals surface area (Å²) in [6.07, 6.45) is 0. The highest BCUT2D eigenvalue weighted by atomic mass is 16.1. The van der Waals surface area contributed by atoms with Gasteiger partial charge in [-0.25, -0.2) is 0 Å². The van der Waals surface area contributed by atoms with Gasteiger partial charge < -0.3 is 10.6 Å². The van der Waals surface area contributed by atoms with E-state index in [1.807, 2.05) is 48.5 Å². The average molecular weight is 309 g/mol. The lowest BCUT2D eigenvalue weighted by molar-refractivity contribution is 0.102. The van der Waals surface area contributed by atoms with Crippen LogP contribution in [0, 0.1) is 0 Å². The molecule has 1 heterocycles. The molecular formula is C19H23N3O. The van der Waals surface area contributed by atoms with Crippen LogP contribution in [0.4, 0.5) is 5.69 Å². The highest BCUT2D eigenvalue weighted by Crippen LogP contribution is 2.14. The van der Waals surface area contributed by atoms with E-state index in [2.05, 4.69) is 28.5 Å². The maximum Gasteiger partial charge on any atom is 0.255 e. The zero-order chi connectivity index (χ0) is 16.1. The first-order valence-electron chi connectivity index (χ1n) is 8.12. The molecular weight excluding hydrogens is 286 g/mol. The summed E-state index contributed by atoms with van der Waals surface area (Å²) in [6.45, 7) is 6.21. The van der Waals surface area contributed by atoms with E-state index < -0.39 is 0 Å². The summed E-state index contributed by atoms with van der Waals surface area (Å²) in [5.74, 6) is -0.0635. The lowest BCUT2D eigenvalue weighted by atomic mass is 10.1. The van der Waals surface area contributed by atoms with Gasteiger partial charge in [0.25, 0.3) is 5.91 Å². The van der Waals surface area contributed by atoms with Crippen LogP contribution in [0.1, 0.15) is 22.8 Å². The van der Waals surface area contributed by atoms with Crippen molar-refractivity contribution < 1.29 is 4.79 Å². The minimum Gasteiger partial charge on any atom is -0.322 e. The molecule has 1 saturated heterocycles. The smallest absolute Gasteiger partial charge is 0.255 e. The summed E-state index contributed by atoms with van der Waals surface area (Å²) in [7, 11) is 0. The summed E-state index contributed by atoms with van der Waals surface area (Å²) in [6, 6.07) is 18.0. The van der Waals surface area contributed by atoms with Crippen molar-refractivity contribution in [3.63, 3.8) is 0 Å². The molecule has 2 N–H and O–H groups in total. The van der Waals surface area contributed by atoms with Crippen LogP contribution in [-0.2, 0) is 6.54 Å². The number of rotatable bonds is 4. The van der Waals surface area contributed by atoms with Gasteiger partial charge in [0.2, 0.25) is 0 Å². The number of hydrogen-bond donors (Lipinski definition) is 2. The molecule has 120 valence electrons. The van der Waals surface area contributed by atoms with Crippen molar-refractivity contribution in [2.24, 2.45) is 0 Å². The van der Waals surface area contributed by atoms with Crippen LogP contribution >= 0.6 is 0 Å². The van der Waals surface area contributed by atoms with Crippen LogP contribution in [0.5, 0.6) is 0 Å². The number of hydrogen-bond acceptors (Lipinski definition) is 3. The van der Waals surface area contributed by atoms with Crippen LogP contribution < -0.4 is 10.6 Å². The number of benzene rings is 2. The first-order valence-corrected chi connectivity index (χ1v) is 8.12. The summed E-state index contributed by atoms with van der Waals surface area (Å²) >= 11 is 0. The van der Waals surface area contributed by atoms with E-state index in [1.165, 1.54) is 5.56 Å². The third kappa shape index (κ3) is 4.18. The standard InChI is InChI=1S/C19H23N3O/c1-15-13-20-10-11-22(15)14-16-6-5-7-17(12-16)19(23)21-18-8-3-2-4-9-18/h2-9,12,15,20H,10-11,13-14H2,1H3,(H,21,23)/t15-/m0/s1. The first kappa shape index (κ1) is 15.7. The summed E-state index contributed by atoms with van der Waals surface area (Å²) in [4.78, 5) is 14.8. The van der Waals surface area contributed by atoms with Crippen molar-refractivity contribution in [3.8, 4) is 0 Å². The van der Waals surface area contributed by atoms with Gasteiger partial charge in [0.1, 0.15) is 0 Å². The zero-order valence-electron chi connectivity index (χ0n) is 13.5. The van der Waals surface area contributed by atoms with Crippen molar-refractivity contribution in [2.75, 3.05) is 25.0 Å². The van der Waals surface area contributed by atoms with Gasteiger partial charge in [-0.2, -0.15) is 0 Å². The van der Waals surface area contributed by atoms with E-state index in [0.717, 1.165) is 31.9 Å². The second-order valence-electron chi connectivity index (χ2n) is 6.04. The van der Waals surface area contributed by atoms with Crippen LogP contribution in [-0.4, -0.2) is 36.5 Å². The van der Waals surface area contributed by atoms with Gasteiger partial charge in [0.15, 0.2) is 0 Å². The Hall–Kier alpha value is -2.17. The number of piperazine rings is 1. The fourth-order valence-electron chi connectivity index (χ4n) is 2.89. The molecule has 0 aliphatic carbocycles. The van der Waals surface area contributed by atoms with Gasteiger partial charge in [0.05, 0.1) is 0 Å². The Labute approximate surface area is 137 Å². The fraction of sp³-hybridized carbons (Fsp3) is 0.316. The Morgan fingerprint density at radius 2 is 2.04 bits per heavy atom. The second-order valence-corrected chi connectivity index (χ2v) is 6.04. The van der Waals surface area contributed by atoms with Crippen molar-refractivity contribution in [2.45, 2.75) is 19.5 Å². The van der Waals surface area contributed by atoms with E-state index in [4.69, 9.17) is 0 Å². The van der Waals surface area contributed by atoms with E-state index in [9.17, 15) is 4.79 Å². The monoisotopic (exact) mass is 309 g/mol. The third-order valence-electron chi connectivity index (χ3n) is 4.25. The van der Waals surface area contributed by atoms with E-state index in [1.54, 1.807) is 0 Å². The molecule has 0 unspecified atom stereocenters. The Balaban J connectivity index is 1.68. The maximum atomic E-state index is 12.4. The SMILES string of the molecule is C[C@H]1CNCCN1Cc1cccc(C(=O)Nc2ccccc2)c1. The molecule has 23 heavy (non-hydrogen) atoms. The molecule has 1 atom stereocenters. The van der Waals surface area contributed by atoms with E-state index in [0.29, 0.717) is 11.6 Å². The van der Waals surface area contributed by atoms with Crippen molar-refractivity contribution >= 4 is 11.6 Å². The lowest BCUT2D eigenvalue weighted by Gasteiger charge is -2.33. The summed E-state index contributed by atoms with van der Waals surface area (Å²) in [5.41, 5.74) is 2.70. The van der Waals surface area contributed by atoms with Gasteiger partial charge in [0, 0.05) is 43.5 Å². The van der Waals surface area contributed by atoms with E-state index >= 15 is 0 Å². The quantitative estimate of drug-likeness (QED) is 0.913. The highest BCUT2D eigenvalue weighted by molar-refractivity contribution is 6.04. The molecule has 0 spiro atoms. The second kappa shape index (κ2) is 7.40. The predicted molar refractivity (Wildman–Crippen MR) is 93.6 cm³/mol. The third-order valence-corrected chi connectivity index (χ3v) is 4.25. The van der Waals surface area contributed by atoms with Gasteiger partial charge in [-0.05, 0) is 36.8 Å². The summed E-state index contributed by atoms with van der Waals surface area (Å²) in [5, 5.41) is 6.34. The van der Waals surface area contributed by atoms with Crippen molar-refractivity contribution in [1.82, 2.24) is 10.2 Å². The first-order chi connectivity index (χ1) is 11.2. The number of carbonyl (C=O) groups is 1. The number of carbonyl (C=O) groups excluding carboxylic acids is 1. The molecule has 0 bridgehead atoms. The van der Waals surface area contributed by atoms with Gasteiger partial charge in [-0.15, -0.1) is 0 Å². The minimum atomic E-state index is -0.0635. The Morgan fingerprint density at radius 3 is 2.83 bits per heavy atom. The molecule has 1 amide bonds. The average Bonchev–Trinajstić information content (AvgIpc) is 2.58. The number of para-hydroxylation sites is 1. The fourth-order valence-corrected chi connectivity index (χ4v) is 2.89. The molecule has 1 aliphatic rings. The Bertz CT molecular complexity index is 657. The molecule has 4 heteroatoms. The summed E-state index contributed by atoms with van der Waals surface area (Å²) < 4.78 is 0. The molecule has 0 saturated carbocycles. The maximum absolute atomic E-state index is 12.4. The molecule has 0 aromatic heterocycles. The van der Waals surface area contributed by atoms with Gasteiger partial charge in [-0.1, -0.05) is 30.3 Å². The van der Waals surface area contributed by atoms with Crippen LogP contribution in [0.2, 0.25) is 0 Å². The molecule has 0 radical (unpaired) electrons. The number of amides is 1. The minimum absolute atomic E-state index is 0.0635. The molecule has 1 fully saturated rings. The highest BCUT2D eigenvalue weighted by Gasteiger charge is 2.18. The lowest BCUT2D eigenvalue weighted by Crippen LogP contribution is -2.49. The van der Waals surface area contributed by atoms with Crippen LogP contribution in [0.3, 0.4) is 0 Å². The van der Waals surface area contributed by atoms with Crippen LogP contribution in [0.15, 0.2) is 54.6 Å². The van der Waals surface area contributed by atoms with E-state index in [-0.39, 0.29) is 5.91 Å². The Kier molecular flexibility index (Phi) is 5.05. The van der Waals surface area contributed by atoms with Gasteiger partial charge >= 0.3 is 0 Å². The topological polar surface area (TPSA) is 44.4 Å². The molecule has 2 aromatic carbocycles. The Morgan fingerprint density at radius 1 is 1.22 bits per heavy atom. The molecule has 2 aromatic rings. The zero-order valence-corrected chi connectivity index (χ0v) is 13.5. The van der Waals surface area contributed by atoms with Crippen LogP contribution in [0.25, 0.3) is 0 Å². The molecule has 4 nitrogen and oxygen atoms in total. The van der Waals surface area contributed by atoms with Crippen molar-refractivity contribution in [3.05, 3.63) is 65.7 Å². The molecule has 1 aliphatic heterocycles. The number of anilines is 1.